The second kappa shape index (κ2) is 12.6. The Labute approximate surface area is 222 Å². The van der Waals surface area contributed by atoms with Crippen LogP contribution in [0.3, 0.4) is 0 Å². The number of nitrogens with zero attached hydrogens (tertiary/aromatic N) is 3. The summed E-state index contributed by atoms with van der Waals surface area (Å²) >= 11 is 0. The minimum Gasteiger partial charge on any atom is -0.376 e. The number of hydrogen-bond donors (Lipinski definition) is 1. The molecule has 1 saturated carbocycles. The molecule has 1 heterocycles. The molecule has 0 saturated heterocycles. The summed E-state index contributed by atoms with van der Waals surface area (Å²) in [6, 6.07) is 29.7. The van der Waals surface area contributed by atoms with Gasteiger partial charge in [-0.2, -0.15) is 4.98 Å². The van der Waals surface area contributed by atoms with Gasteiger partial charge in [0.15, 0.2) is 0 Å². The number of hydrogen-bond acceptors (Lipinski definition) is 7. The van der Waals surface area contributed by atoms with E-state index in [2.05, 4.69) is 9.97 Å². The molecule has 0 amide bonds. The Morgan fingerprint density at radius 1 is 0.763 bits per heavy atom. The molecule has 0 bridgehead atoms. The minimum absolute atomic E-state index is 0.0161. The molecular formula is C30H32N4O4. The summed E-state index contributed by atoms with van der Waals surface area (Å²) in [5.41, 5.74) is 8.42. The molecule has 1 fully saturated rings. The van der Waals surface area contributed by atoms with Gasteiger partial charge in [0.2, 0.25) is 5.95 Å². The topological polar surface area (TPSA) is 101 Å². The van der Waals surface area contributed by atoms with E-state index < -0.39 is 11.8 Å². The Kier molecular flexibility index (Phi) is 8.55. The number of rotatable bonds is 11. The molecule has 0 spiro atoms. The zero-order valence-electron chi connectivity index (χ0n) is 21.1. The van der Waals surface area contributed by atoms with Crippen LogP contribution in [0.25, 0.3) is 0 Å². The lowest BCUT2D eigenvalue weighted by molar-refractivity contribution is -0.103. The van der Waals surface area contributed by atoms with Crippen molar-refractivity contribution in [2.45, 2.75) is 44.5 Å². The van der Waals surface area contributed by atoms with Gasteiger partial charge < -0.3 is 19.9 Å². The molecule has 3 aromatic carbocycles. The fourth-order valence-electron chi connectivity index (χ4n) is 4.96. The largest absolute Gasteiger partial charge is 0.376 e. The van der Waals surface area contributed by atoms with Crippen molar-refractivity contribution in [3.05, 3.63) is 124 Å². The average Bonchev–Trinajstić information content (AvgIpc) is 3.29. The number of nitrogen functional groups attached to an aromatic ring is 1. The molecule has 1 aliphatic carbocycles. The first-order valence-corrected chi connectivity index (χ1v) is 12.8. The maximum Gasteiger partial charge on any atom is 0.352 e. The van der Waals surface area contributed by atoms with Gasteiger partial charge in [-0.05, 0) is 23.1 Å². The highest BCUT2D eigenvalue weighted by Gasteiger charge is 2.46. The fourth-order valence-corrected chi connectivity index (χ4v) is 4.96. The van der Waals surface area contributed by atoms with Gasteiger partial charge in [-0.1, -0.05) is 91.0 Å². The summed E-state index contributed by atoms with van der Waals surface area (Å²) in [5.74, 6) is -0.0664. The summed E-state index contributed by atoms with van der Waals surface area (Å²) in [6.07, 6.45) is 1.33. The van der Waals surface area contributed by atoms with Crippen LogP contribution in [-0.2, 0) is 34.0 Å². The highest BCUT2D eigenvalue weighted by atomic mass is 16.5. The molecule has 196 valence electrons. The lowest BCUT2D eigenvalue weighted by Crippen LogP contribution is -2.39. The summed E-state index contributed by atoms with van der Waals surface area (Å²) in [6.45, 7) is 1.76. The number of aromatic nitrogens is 3. The lowest BCUT2D eigenvalue weighted by atomic mass is 10.1. The first-order valence-electron chi connectivity index (χ1n) is 12.8. The molecule has 5 rings (SSSR count). The SMILES string of the molecule is Nc1ncn(C2CC(COCc3ccccc3)C(OCc3ccccc3)C2OCc2ccccc2)c(=O)n1. The standard InChI is InChI=1S/C30H32N4O4/c31-29-32-21-34(30(35)33-29)26-16-25(20-36-17-22-10-4-1-5-11-22)27(37-18-23-12-6-2-7-13-23)28(26)38-19-24-14-8-3-9-15-24/h1-15,21,25-28H,16-20H2,(H2,31,33,35). The third-order valence-electron chi connectivity index (χ3n) is 6.83. The molecule has 8 nitrogen and oxygen atoms in total. The van der Waals surface area contributed by atoms with Crippen molar-refractivity contribution in [2.24, 2.45) is 5.92 Å². The van der Waals surface area contributed by atoms with Crippen LogP contribution in [0.4, 0.5) is 5.95 Å². The number of nitrogens with two attached hydrogens (primary N) is 1. The lowest BCUT2D eigenvalue weighted by Gasteiger charge is -2.28. The third-order valence-corrected chi connectivity index (χ3v) is 6.83. The number of anilines is 1. The molecule has 1 aliphatic rings. The van der Waals surface area contributed by atoms with Gasteiger partial charge in [0.25, 0.3) is 0 Å². The van der Waals surface area contributed by atoms with Crippen LogP contribution in [0, 0.1) is 5.92 Å². The van der Waals surface area contributed by atoms with Crippen molar-refractivity contribution in [3.63, 3.8) is 0 Å². The third kappa shape index (κ3) is 6.52. The molecule has 8 heteroatoms. The van der Waals surface area contributed by atoms with E-state index in [0.717, 1.165) is 16.7 Å². The van der Waals surface area contributed by atoms with Gasteiger partial charge in [-0.3, -0.25) is 4.57 Å². The Bertz CT molecular complexity index is 1330. The van der Waals surface area contributed by atoms with E-state index in [-0.39, 0.29) is 24.0 Å². The zero-order valence-corrected chi connectivity index (χ0v) is 21.1. The van der Waals surface area contributed by atoms with Gasteiger partial charge in [-0.25, -0.2) is 9.78 Å². The number of benzene rings is 3. The Morgan fingerprint density at radius 2 is 1.29 bits per heavy atom. The van der Waals surface area contributed by atoms with Crippen LogP contribution in [0.5, 0.6) is 0 Å². The Balaban J connectivity index is 1.40. The number of ether oxygens (including phenoxy) is 3. The van der Waals surface area contributed by atoms with Crippen molar-refractivity contribution in [2.75, 3.05) is 12.3 Å². The predicted octanol–water partition coefficient (Wildman–Crippen LogP) is 4.17. The van der Waals surface area contributed by atoms with Gasteiger partial charge in [-0.15, -0.1) is 0 Å². The molecule has 38 heavy (non-hydrogen) atoms. The van der Waals surface area contributed by atoms with E-state index in [1.807, 2.05) is 91.0 Å². The highest BCUT2D eigenvalue weighted by Crippen LogP contribution is 2.39. The molecule has 0 radical (unpaired) electrons. The fraction of sp³-hybridized carbons (Fsp3) is 0.300. The van der Waals surface area contributed by atoms with E-state index in [4.69, 9.17) is 19.9 Å². The van der Waals surface area contributed by atoms with Crippen LogP contribution in [-0.4, -0.2) is 33.3 Å². The molecule has 2 N–H and O–H groups in total. The highest BCUT2D eigenvalue weighted by molar-refractivity contribution is 5.16. The summed E-state index contributed by atoms with van der Waals surface area (Å²) < 4.78 is 20.7. The Hall–Kier alpha value is -3.85. The van der Waals surface area contributed by atoms with Crippen molar-refractivity contribution >= 4 is 5.95 Å². The van der Waals surface area contributed by atoms with E-state index in [9.17, 15) is 4.79 Å². The van der Waals surface area contributed by atoms with Crippen molar-refractivity contribution < 1.29 is 14.2 Å². The van der Waals surface area contributed by atoms with E-state index in [0.29, 0.717) is 32.8 Å². The normalized spacial score (nSPS) is 20.9. The van der Waals surface area contributed by atoms with Crippen molar-refractivity contribution in [3.8, 4) is 0 Å². The molecule has 4 aromatic rings. The maximum atomic E-state index is 12.8. The van der Waals surface area contributed by atoms with Crippen LogP contribution in [0.2, 0.25) is 0 Å². The average molecular weight is 513 g/mol. The first kappa shape index (κ1) is 25.8. The van der Waals surface area contributed by atoms with Crippen molar-refractivity contribution in [1.29, 1.82) is 0 Å². The molecule has 4 atom stereocenters. The quantitative estimate of drug-likeness (QED) is 0.322. The smallest absolute Gasteiger partial charge is 0.352 e. The monoisotopic (exact) mass is 512 g/mol. The van der Waals surface area contributed by atoms with Gasteiger partial charge in [0.1, 0.15) is 12.4 Å². The van der Waals surface area contributed by atoms with E-state index in [1.54, 1.807) is 0 Å². The summed E-state index contributed by atoms with van der Waals surface area (Å²) in [7, 11) is 0. The van der Waals surface area contributed by atoms with Gasteiger partial charge in [0, 0.05) is 5.92 Å². The minimum atomic E-state index is -0.455. The van der Waals surface area contributed by atoms with E-state index in [1.165, 1.54) is 10.9 Å². The van der Waals surface area contributed by atoms with Gasteiger partial charge >= 0.3 is 5.69 Å². The van der Waals surface area contributed by atoms with Crippen LogP contribution >= 0.6 is 0 Å². The second-order valence-corrected chi connectivity index (χ2v) is 9.49. The molecular weight excluding hydrogens is 480 g/mol. The first-order chi connectivity index (χ1) is 18.7. The van der Waals surface area contributed by atoms with Crippen LogP contribution < -0.4 is 11.4 Å². The maximum absolute atomic E-state index is 12.8. The second-order valence-electron chi connectivity index (χ2n) is 9.49. The summed E-state index contributed by atoms with van der Waals surface area (Å²) in [4.78, 5) is 20.8. The molecule has 0 aliphatic heterocycles. The Morgan fingerprint density at radius 3 is 1.84 bits per heavy atom. The predicted molar refractivity (Wildman–Crippen MR) is 144 cm³/mol. The summed E-state index contributed by atoms with van der Waals surface area (Å²) in [5, 5.41) is 0. The van der Waals surface area contributed by atoms with Crippen molar-refractivity contribution in [1.82, 2.24) is 14.5 Å². The molecule has 4 unspecified atom stereocenters. The van der Waals surface area contributed by atoms with Crippen LogP contribution in [0.15, 0.2) is 102 Å². The van der Waals surface area contributed by atoms with Crippen LogP contribution in [0.1, 0.15) is 29.2 Å². The van der Waals surface area contributed by atoms with Gasteiger partial charge in [0.05, 0.1) is 38.6 Å². The molecule has 1 aromatic heterocycles. The zero-order chi connectivity index (χ0) is 26.2. The van der Waals surface area contributed by atoms with E-state index >= 15 is 0 Å².